The zero-order valence-electron chi connectivity index (χ0n) is 11.5. The molecule has 1 aromatic carbocycles. The summed E-state index contributed by atoms with van der Waals surface area (Å²) in [4.78, 5) is 0. The van der Waals surface area contributed by atoms with Crippen LogP contribution in [0, 0.1) is 30.6 Å². The van der Waals surface area contributed by atoms with Gasteiger partial charge in [0.1, 0.15) is 0 Å². The fourth-order valence-electron chi connectivity index (χ4n) is 5.20. The second-order valence-corrected chi connectivity index (χ2v) is 7.67. The molecule has 0 aromatic heterocycles. The first-order valence-corrected chi connectivity index (χ1v) is 8.55. The van der Waals surface area contributed by atoms with E-state index < -0.39 is 0 Å². The summed E-state index contributed by atoms with van der Waals surface area (Å²) >= 11 is 3.64. The van der Waals surface area contributed by atoms with E-state index in [1.54, 1.807) is 0 Å². The van der Waals surface area contributed by atoms with Crippen LogP contribution in [0.1, 0.15) is 37.7 Å². The minimum absolute atomic E-state index is 0.734. The Hall–Kier alpha value is -0.500. The molecule has 2 bridgehead atoms. The van der Waals surface area contributed by atoms with Gasteiger partial charge in [0.25, 0.3) is 0 Å². The Labute approximate surface area is 124 Å². The molecule has 0 spiro atoms. The minimum atomic E-state index is 0.734. The molecule has 0 saturated heterocycles. The van der Waals surface area contributed by atoms with E-state index in [1.807, 2.05) is 0 Å². The average Bonchev–Trinajstić information content (AvgIpc) is 3.06. The van der Waals surface area contributed by atoms with Crippen LogP contribution < -0.4 is 5.32 Å². The number of halogens is 1. The van der Waals surface area contributed by atoms with Crippen molar-refractivity contribution in [2.45, 2.75) is 45.1 Å². The number of benzene rings is 1. The molecule has 1 nitrogen and oxygen atoms in total. The fraction of sp³-hybridized carbons (Fsp3) is 0.647. The summed E-state index contributed by atoms with van der Waals surface area (Å²) in [6.07, 6.45) is 7.43. The molecule has 5 unspecified atom stereocenters. The summed E-state index contributed by atoms with van der Waals surface area (Å²) in [5.74, 6) is 4.12. The smallest absolute Gasteiger partial charge is 0.0383 e. The molecule has 3 aliphatic carbocycles. The Morgan fingerprint density at radius 2 is 1.95 bits per heavy atom. The van der Waals surface area contributed by atoms with Crippen LogP contribution in [0.15, 0.2) is 22.7 Å². The van der Waals surface area contributed by atoms with Crippen molar-refractivity contribution in [1.29, 1.82) is 0 Å². The largest absolute Gasteiger partial charge is 0.382 e. The van der Waals surface area contributed by atoms with E-state index in [4.69, 9.17) is 0 Å². The van der Waals surface area contributed by atoms with Crippen LogP contribution in [0.5, 0.6) is 0 Å². The average molecular weight is 320 g/mol. The molecule has 0 radical (unpaired) electrons. The Kier molecular flexibility index (Phi) is 2.91. The van der Waals surface area contributed by atoms with Crippen molar-refractivity contribution in [3.8, 4) is 0 Å². The molecular formula is C17H22BrN. The van der Waals surface area contributed by atoms with E-state index in [0.29, 0.717) is 0 Å². The van der Waals surface area contributed by atoms with Gasteiger partial charge in [-0.2, -0.15) is 0 Å². The first-order chi connectivity index (χ1) is 9.24. The molecule has 19 heavy (non-hydrogen) atoms. The maximum atomic E-state index is 3.86. The van der Waals surface area contributed by atoms with Crippen molar-refractivity contribution < 1.29 is 0 Å². The maximum absolute atomic E-state index is 3.86. The normalized spacial score (nSPS) is 39.6. The Balaban J connectivity index is 1.54. The molecule has 1 N–H and O–H groups in total. The third kappa shape index (κ3) is 1.86. The number of fused-ring (bicyclic) bond motifs is 5. The van der Waals surface area contributed by atoms with E-state index in [-0.39, 0.29) is 0 Å². The van der Waals surface area contributed by atoms with Gasteiger partial charge >= 0.3 is 0 Å². The summed E-state index contributed by atoms with van der Waals surface area (Å²) < 4.78 is 1.22. The number of hydrogen-bond donors (Lipinski definition) is 1. The lowest BCUT2D eigenvalue weighted by atomic mass is 9.79. The van der Waals surface area contributed by atoms with E-state index in [0.717, 1.165) is 29.7 Å². The van der Waals surface area contributed by atoms with Crippen LogP contribution in [0.3, 0.4) is 0 Å². The van der Waals surface area contributed by atoms with Gasteiger partial charge in [-0.1, -0.05) is 28.4 Å². The Morgan fingerprint density at radius 1 is 1.11 bits per heavy atom. The highest BCUT2D eigenvalue weighted by Crippen LogP contribution is 2.59. The first-order valence-electron chi connectivity index (χ1n) is 7.75. The number of hydrogen-bond acceptors (Lipinski definition) is 1. The van der Waals surface area contributed by atoms with Crippen molar-refractivity contribution >= 4 is 21.6 Å². The number of nitrogens with one attached hydrogen (secondary N) is 1. The van der Waals surface area contributed by atoms with Crippen LogP contribution in [-0.4, -0.2) is 6.04 Å². The second-order valence-electron chi connectivity index (χ2n) is 6.82. The van der Waals surface area contributed by atoms with Gasteiger partial charge in [-0.05, 0) is 74.0 Å². The molecule has 4 rings (SSSR count). The third-order valence-electron chi connectivity index (χ3n) is 6.04. The van der Waals surface area contributed by atoms with Crippen LogP contribution in [0.4, 0.5) is 5.69 Å². The van der Waals surface area contributed by atoms with Gasteiger partial charge in [0.05, 0.1) is 0 Å². The predicted octanol–water partition coefficient (Wildman–Crippen LogP) is 4.99. The molecule has 2 heteroatoms. The van der Waals surface area contributed by atoms with Gasteiger partial charge in [-0.3, -0.25) is 0 Å². The first kappa shape index (κ1) is 12.3. The molecule has 102 valence electrons. The van der Waals surface area contributed by atoms with Crippen molar-refractivity contribution in [3.63, 3.8) is 0 Å². The second kappa shape index (κ2) is 4.51. The predicted molar refractivity (Wildman–Crippen MR) is 83.3 cm³/mol. The quantitative estimate of drug-likeness (QED) is 0.809. The zero-order valence-corrected chi connectivity index (χ0v) is 13.1. The monoisotopic (exact) mass is 319 g/mol. The maximum Gasteiger partial charge on any atom is 0.0383 e. The molecule has 3 aliphatic rings. The van der Waals surface area contributed by atoms with Crippen molar-refractivity contribution in [3.05, 3.63) is 28.2 Å². The van der Waals surface area contributed by atoms with Crippen LogP contribution in [0.2, 0.25) is 0 Å². The van der Waals surface area contributed by atoms with Crippen LogP contribution in [0.25, 0.3) is 0 Å². The highest BCUT2D eigenvalue weighted by Gasteiger charge is 2.53. The van der Waals surface area contributed by atoms with E-state index in [9.17, 15) is 0 Å². The highest BCUT2D eigenvalue weighted by atomic mass is 79.9. The zero-order chi connectivity index (χ0) is 13.0. The van der Waals surface area contributed by atoms with Crippen molar-refractivity contribution in [2.24, 2.45) is 23.7 Å². The number of rotatable bonds is 2. The Morgan fingerprint density at radius 3 is 2.84 bits per heavy atom. The summed E-state index contributed by atoms with van der Waals surface area (Å²) in [5.41, 5.74) is 2.69. The Bertz CT molecular complexity index is 498. The van der Waals surface area contributed by atoms with Crippen molar-refractivity contribution in [2.75, 3.05) is 5.32 Å². The number of anilines is 1. The van der Waals surface area contributed by atoms with Gasteiger partial charge in [0, 0.05) is 16.2 Å². The molecule has 1 aromatic rings. The summed E-state index contributed by atoms with van der Waals surface area (Å²) in [5, 5.41) is 3.86. The third-order valence-corrected chi connectivity index (χ3v) is 6.90. The van der Waals surface area contributed by atoms with Gasteiger partial charge in [-0.25, -0.2) is 0 Å². The van der Waals surface area contributed by atoms with Gasteiger partial charge < -0.3 is 5.32 Å². The standard InChI is InChI=1S/C17H22BrN/c1-10-15(18)6-3-7-16(10)19-17-9-11-8-14(17)13-5-2-4-12(11)13/h3,6-7,11-14,17,19H,2,4-5,8-9H2,1H3. The molecule has 0 amide bonds. The molecule has 5 atom stereocenters. The minimum Gasteiger partial charge on any atom is -0.382 e. The van der Waals surface area contributed by atoms with Gasteiger partial charge in [0.2, 0.25) is 0 Å². The summed E-state index contributed by atoms with van der Waals surface area (Å²) in [7, 11) is 0. The summed E-state index contributed by atoms with van der Waals surface area (Å²) in [6.45, 7) is 2.21. The van der Waals surface area contributed by atoms with Gasteiger partial charge in [-0.15, -0.1) is 0 Å². The van der Waals surface area contributed by atoms with E-state index >= 15 is 0 Å². The van der Waals surface area contributed by atoms with Crippen molar-refractivity contribution in [1.82, 2.24) is 0 Å². The molecule has 0 heterocycles. The lowest BCUT2D eigenvalue weighted by Crippen LogP contribution is -2.34. The van der Waals surface area contributed by atoms with E-state index in [2.05, 4.69) is 46.4 Å². The highest BCUT2D eigenvalue weighted by molar-refractivity contribution is 9.10. The summed E-state index contributed by atoms with van der Waals surface area (Å²) in [6, 6.07) is 7.25. The molecule has 0 aliphatic heterocycles. The molecular weight excluding hydrogens is 298 g/mol. The van der Waals surface area contributed by atoms with Gasteiger partial charge in [0.15, 0.2) is 0 Å². The van der Waals surface area contributed by atoms with Crippen LogP contribution in [-0.2, 0) is 0 Å². The molecule has 3 saturated carbocycles. The molecule has 3 fully saturated rings. The fourth-order valence-corrected chi connectivity index (χ4v) is 5.56. The SMILES string of the molecule is Cc1c(Br)cccc1NC1CC2CC1C1CCCC21. The van der Waals surface area contributed by atoms with E-state index in [1.165, 1.54) is 47.8 Å². The lowest BCUT2D eigenvalue weighted by Gasteiger charge is -2.33. The lowest BCUT2D eigenvalue weighted by molar-refractivity contribution is 0.243. The van der Waals surface area contributed by atoms with Crippen LogP contribution >= 0.6 is 15.9 Å². The topological polar surface area (TPSA) is 12.0 Å².